The van der Waals surface area contributed by atoms with Crippen LogP contribution in [0.5, 0.6) is 17.2 Å². The zero-order chi connectivity index (χ0) is 24.9. The highest BCUT2D eigenvalue weighted by Crippen LogP contribution is 2.46. The highest BCUT2D eigenvalue weighted by Gasteiger charge is 2.24. The van der Waals surface area contributed by atoms with Crippen LogP contribution in [-0.4, -0.2) is 48.0 Å². The lowest BCUT2D eigenvalue weighted by atomic mass is 10.0. The van der Waals surface area contributed by atoms with Gasteiger partial charge in [0, 0.05) is 6.54 Å². The fraction of sp³-hybridized carbons (Fsp3) is 0.200. The molecule has 0 fully saturated rings. The maximum atomic E-state index is 13.0. The summed E-state index contributed by atoms with van der Waals surface area (Å²) in [5.41, 5.74) is 4.31. The van der Waals surface area contributed by atoms with Crippen molar-refractivity contribution in [2.75, 3.05) is 6.54 Å². The molecule has 0 saturated carbocycles. The first-order chi connectivity index (χ1) is 16.8. The van der Waals surface area contributed by atoms with Gasteiger partial charge in [-0.15, -0.1) is 5.10 Å². The number of carbonyl (C=O) groups is 1. The van der Waals surface area contributed by atoms with Gasteiger partial charge in [0.1, 0.15) is 0 Å². The number of carbonyl (C=O) groups excluding carboxylic acids is 1. The third-order valence-electron chi connectivity index (χ3n) is 5.49. The SMILES string of the molecule is Cc1ccc(CCCNC(=O)c2cc(O)c(O)c(O)c2Sc2nnnn2-c2ccccc2)c(C)c1. The number of amides is 1. The Bertz CT molecular complexity index is 1360. The maximum Gasteiger partial charge on any atom is 0.252 e. The van der Waals surface area contributed by atoms with Crippen LogP contribution in [0.4, 0.5) is 0 Å². The van der Waals surface area contributed by atoms with Gasteiger partial charge in [-0.25, -0.2) is 0 Å². The van der Waals surface area contributed by atoms with Crippen molar-refractivity contribution < 1.29 is 20.1 Å². The summed E-state index contributed by atoms with van der Waals surface area (Å²) in [6.45, 7) is 4.50. The molecule has 1 aromatic heterocycles. The molecule has 9 nitrogen and oxygen atoms in total. The van der Waals surface area contributed by atoms with Crippen LogP contribution in [0.25, 0.3) is 5.69 Å². The summed E-state index contributed by atoms with van der Waals surface area (Å²) in [5.74, 6) is -2.46. The van der Waals surface area contributed by atoms with Crippen molar-refractivity contribution in [2.24, 2.45) is 0 Å². The fourth-order valence-corrected chi connectivity index (χ4v) is 4.61. The number of hydrogen-bond donors (Lipinski definition) is 4. The third kappa shape index (κ3) is 5.38. The predicted molar refractivity (Wildman–Crippen MR) is 131 cm³/mol. The molecule has 1 amide bonds. The molecule has 0 atom stereocenters. The topological polar surface area (TPSA) is 133 Å². The van der Waals surface area contributed by atoms with E-state index in [1.54, 1.807) is 12.1 Å². The molecule has 180 valence electrons. The first-order valence-corrected chi connectivity index (χ1v) is 11.8. The van der Waals surface area contributed by atoms with Crippen molar-refractivity contribution in [3.8, 4) is 22.9 Å². The Labute approximate surface area is 206 Å². The number of tetrazole rings is 1. The van der Waals surface area contributed by atoms with Gasteiger partial charge in [-0.1, -0.05) is 42.0 Å². The Morgan fingerprint density at radius 1 is 1.03 bits per heavy atom. The standard InChI is InChI=1S/C25H25N5O4S/c1-15-10-11-17(16(2)13-15)7-6-12-26-24(34)19-14-20(31)21(32)22(33)23(19)35-25-27-28-29-30(25)18-8-4-3-5-9-18/h3-5,8-11,13-14,31-33H,6-7,12H2,1-2H3,(H,26,34). The van der Waals surface area contributed by atoms with E-state index in [1.165, 1.54) is 21.4 Å². The molecule has 0 bridgehead atoms. The molecule has 10 heteroatoms. The molecule has 0 unspecified atom stereocenters. The van der Waals surface area contributed by atoms with Gasteiger partial charge < -0.3 is 20.6 Å². The fourth-order valence-electron chi connectivity index (χ4n) is 3.67. The molecule has 0 radical (unpaired) electrons. The van der Waals surface area contributed by atoms with Gasteiger partial charge in [0.15, 0.2) is 11.5 Å². The van der Waals surface area contributed by atoms with Crippen LogP contribution in [0, 0.1) is 13.8 Å². The van der Waals surface area contributed by atoms with E-state index in [2.05, 4.69) is 46.0 Å². The Balaban J connectivity index is 1.52. The summed E-state index contributed by atoms with van der Waals surface area (Å²) in [6, 6.07) is 16.5. The first-order valence-electron chi connectivity index (χ1n) is 11.0. The summed E-state index contributed by atoms with van der Waals surface area (Å²) < 4.78 is 1.44. The third-order valence-corrected chi connectivity index (χ3v) is 6.55. The van der Waals surface area contributed by atoms with Gasteiger partial charge in [-0.2, -0.15) is 4.68 Å². The molecule has 4 rings (SSSR count). The normalized spacial score (nSPS) is 10.9. The molecule has 0 aliphatic rings. The Morgan fingerprint density at radius 3 is 2.54 bits per heavy atom. The van der Waals surface area contributed by atoms with E-state index >= 15 is 0 Å². The number of para-hydroxylation sites is 1. The van der Waals surface area contributed by atoms with Crippen molar-refractivity contribution in [1.29, 1.82) is 0 Å². The van der Waals surface area contributed by atoms with Crippen LogP contribution in [0.1, 0.15) is 33.5 Å². The molecular weight excluding hydrogens is 466 g/mol. The lowest BCUT2D eigenvalue weighted by Crippen LogP contribution is -2.25. The van der Waals surface area contributed by atoms with Crippen molar-refractivity contribution in [3.63, 3.8) is 0 Å². The molecular formula is C25H25N5O4S. The van der Waals surface area contributed by atoms with Gasteiger partial charge in [0.2, 0.25) is 10.9 Å². The molecule has 35 heavy (non-hydrogen) atoms. The van der Waals surface area contributed by atoms with Gasteiger partial charge in [0.25, 0.3) is 5.91 Å². The number of aromatic nitrogens is 4. The number of aryl methyl sites for hydroxylation is 3. The second kappa shape index (κ2) is 10.5. The van der Waals surface area contributed by atoms with E-state index in [0.717, 1.165) is 24.2 Å². The Kier molecular flexibility index (Phi) is 7.21. The minimum absolute atomic E-state index is 0.00284. The van der Waals surface area contributed by atoms with Crippen molar-refractivity contribution in [1.82, 2.24) is 25.5 Å². The highest BCUT2D eigenvalue weighted by molar-refractivity contribution is 7.99. The van der Waals surface area contributed by atoms with E-state index in [-0.39, 0.29) is 15.6 Å². The van der Waals surface area contributed by atoms with E-state index in [9.17, 15) is 20.1 Å². The van der Waals surface area contributed by atoms with Crippen LogP contribution in [0.3, 0.4) is 0 Å². The molecule has 0 saturated heterocycles. The van der Waals surface area contributed by atoms with E-state index < -0.39 is 23.2 Å². The van der Waals surface area contributed by atoms with Gasteiger partial charge >= 0.3 is 0 Å². The molecule has 1 heterocycles. The number of phenolic OH excluding ortho intramolecular Hbond substituents is 3. The number of hydrogen-bond acceptors (Lipinski definition) is 8. The van der Waals surface area contributed by atoms with Gasteiger partial charge in [-0.05, 0) is 78.2 Å². The van der Waals surface area contributed by atoms with Gasteiger partial charge in [-0.3, -0.25) is 4.79 Å². The number of nitrogens with one attached hydrogen (secondary N) is 1. The summed E-state index contributed by atoms with van der Waals surface area (Å²) >= 11 is 0.904. The monoisotopic (exact) mass is 491 g/mol. The highest BCUT2D eigenvalue weighted by atomic mass is 32.2. The zero-order valence-corrected chi connectivity index (χ0v) is 20.1. The number of rotatable bonds is 8. The Hall–Kier alpha value is -4.05. The van der Waals surface area contributed by atoms with Crippen LogP contribution in [-0.2, 0) is 6.42 Å². The second-order valence-electron chi connectivity index (χ2n) is 8.07. The van der Waals surface area contributed by atoms with Crippen molar-refractivity contribution in [3.05, 3.63) is 76.9 Å². The molecule has 4 aromatic rings. The smallest absolute Gasteiger partial charge is 0.252 e. The van der Waals surface area contributed by atoms with Crippen LogP contribution >= 0.6 is 11.8 Å². The average Bonchev–Trinajstić information content (AvgIpc) is 3.32. The van der Waals surface area contributed by atoms with Crippen LogP contribution in [0.2, 0.25) is 0 Å². The molecule has 0 aliphatic heterocycles. The van der Waals surface area contributed by atoms with Gasteiger partial charge in [0.05, 0.1) is 16.1 Å². The number of nitrogens with zero attached hydrogens (tertiary/aromatic N) is 4. The summed E-state index contributed by atoms with van der Waals surface area (Å²) in [7, 11) is 0. The largest absolute Gasteiger partial charge is 0.504 e. The lowest BCUT2D eigenvalue weighted by molar-refractivity contribution is 0.0949. The molecule has 0 aliphatic carbocycles. The first kappa shape index (κ1) is 24.1. The molecule has 0 spiro atoms. The number of benzene rings is 3. The number of aromatic hydroxyl groups is 3. The van der Waals surface area contributed by atoms with Crippen LogP contribution in [0.15, 0.2) is 64.6 Å². The zero-order valence-electron chi connectivity index (χ0n) is 19.3. The quantitative estimate of drug-likeness (QED) is 0.215. The minimum Gasteiger partial charge on any atom is -0.504 e. The minimum atomic E-state index is -0.724. The lowest BCUT2D eigenvalue weighted by Gasteiger charge is -2.14. The summed E-state index contributed by atoms with van der Waals surface area (Å²) in [5, 5.41) is 45.4. The van der Waals surface area contributed by atoms with E-state index in [4.69, 9.17) is 0 Å². The maximum absolute atomic E-state index is 13.0. The van der Waals surface area contributed by atoms with E-state index in [0.29, 0.717) is 18.7 Å². The predicted octanol–water partition coefficient (Wildman–Crippen LogP) is 3.91. The van der Waals surface area contributed by atoms with Crippen molar-refractivity contribution in [2.45, 2.75) is 36.7 Å². The Morgan fingerprint density at radius 2 is 1.80 bits per heavy atom. The summed E-state index contributed by atoms with van der Waals surface area (Å²) in [4.78, 5) is 13.0. The summed E-state index contributed by atoms with van der Waals surface area (Å²) in [6.07, 6.45) is 1.51. The molecule has 3 aromatic carbocycles. The van der Waals surface area contributed by atoms with Crippen molar-refractivity contribution >= 4 is 17.7 Å². The number of phenols is 3. The van der Waals surface area contributed by atoms with E-state index in [1.807, 2.05) is 25.1 Å². The average molecular weight is 492 g/mol. The molecule has 4 N–H and O–H groups in total. The van der Waals surface area contributed by atoms with Crippen LogP contribution < -0.4 is 5.32 Å². The second-order valence-corrected chi connectivity index (χ2v) is 9.05.